The van der Waals surface area contributed by atoms with E-state index >= 15 is 0 Å². The van der Waals surface area contributed by atoms with Crippen molar-refractivity contribution in [2.45, 2.75) is 52.4 Å². The third kappa shape index (κ3) is 6.98. The van der Waals surface area contributed by atoms with Crippen LogP contribution in [0.15, 0.2) is 18.2 Å². The number of rotatable bonds is 7. The Hall–Kier alpha value is -2.97. The van der Waals surface area contributed by atoms with Crippen LogP contribution in [0.4, 0.5) is 4.79 Å². The van der Waals surface area contributed by atoms with Crippen LogP contribution in [0, 0.1) is 0 Å². The van der Waals surface area contributed by atoms with Crippen LogP contribution in [0.1, 0.15) is 39.7 Å². The zero-order chi connectivity index (χ0) is 20.7. The van der Waals surface area contributed by atoms with Crippen molar-refractivity contribution >= 4 is 18.0 Å². The molecular weight excluding hydrogens is 368 g/mol. The number of hydrogen-bond acceptors (Lipinski definition) is 7. The standard InChI is InChI=1S/C19H26N2O7/c1-12(27-16(22)7-8-20-18(24)28-19(2,3)4)17(23)21-10-13-5-6-14-15(9-13)26-11-25-14/h5-6,9,12H,7-8,10-11H2,1-4H3,(H,20,24)(H,21,23)/t12-/m0/s1. The van der Waals surface area contributed by atoms with Crippen molar-refractivity contribution in [2.75, 3.05) is 13.3 Å². The first-order valence-electron chi connectivity index (χ1n) is 8.96. The number of fused-ring (bicyclic) bond motifs is 1. The molecule has 0 aliphatic carbocycles. The maximum absolute atomic E-state index is 12.1. The van der Waals surface area contributed by atoms with Crippen LogP contribution in [-0.4, -0.2) is 43.0 Å². The maximum Gasteiger partial charge on any atom is 0.407 e. The summed E-state index contributed by atoms with van der Waals surface area (Å²) >= 11 is 0. The number of carbonyl (C=O) groups excluding carboxylic acids is 3. The van der Waals surface area contributed by atoms with E-state index in [1.165, 1.54) is 6.92 Å². The Morgan fingerprint density at radius 2 is 1.86 bits per heavy atom. The number of alkyl carbamates (subject to hydrolysis) is 1. The van der Waals surface area contributed by atoms with Crippen molar-refractivity contribution in [2.24, 2.45) is 0 Å². The van der Waals surface area contributed by atoms with E-state index in [0.29, 0.717) is 11.5 Å². The Kier molecular flexibility index (Phi) is 7.08. The predicted molar refractivity (Wildman–Crippen MR) is 98.8 cm³/mol. The molecule has 0 radical (unpaired) electrons. The van der Waals surface area contributed by atoms with Gasteiger partial charge in [0, 0.05) is 13.1 Å². The Labute approximate surface area is 163 Å². The summed E-state index contributed by atoms with van der Waals surface area (Å²) in [5, 5.41) is 5.15. The maximum atomic E-state index is 12.1. The van der Waals surface area contributed by atoms with Gasteiger partial charge in [0.1, 0.15) is 5.60 Å². The number of benzene rings is 1. The smallest absolute Gasteiger partial charge is 0.407 e. The molecule has 1 aliphatic rings. The monoisotopic (exact) mass is 394 g/mol. The van der Waals surface area contributed by atoms with Gasteiger partial charge in [0.25, 0.3) is 5.91 Å². The molecule has 28 heavy (non-hydrogen) atoms. The lowest BCUT2D eigenvalue weighted by atomic mass is 10.2. The number of nitrogens with one attached hydrogen (secondary N) is 2. The van der Waals surface area contributed by atoms with Gasteiger partial charge in [-0.05, 0) is 45.4 Å². The molecule has 9 heteroatoms. The Balaban J connectivity index is 1.67. The number of carbonyl (C=O) groups is 3. The molecule has 1 atom stereocenters. The van der Waals surface area contributed by atoms with Crippen LogP contribution in [0.25, 0.3) is 0 Å². The van der Waals surface area contributed by atoms with Crippen LogP contribution >= 0.6 is 0 Å². The zero-order valence-electron chi connectivity index (χ0n) is 16.5. The lowest BCUT2D eigenvalue weighted by Crippen LogP contribution is -2.37. The van der Waals surface area contributed by atoms with Gasteiger partial charge in [-0.3, -0.25) is 9.59 Å². The Morgan fingerprint density at radius 1 is 1.14 bits per heavy atom. The van der Waals surface area contributed by atoms with Gasteiger partial charge in [0.2, 0.25) is 6.79 Å². The molecule has 0 unspecified atom stereocenters. The van der Waals surface area contributed by atoms with Crippen LogP contribution < -0.4 is 20.1 Å². The van der Waals surface area contributed by atoms with Gasteiger partial charge >= 0.3 is 12.1 Å². The van der Waals surface area contributed by atoms with Crippen LogP contribution in [0.2, 0.25) is 0 Å². The predicted octanol–water partition coefficient (Wildman–Crippen LogP) is 1.88. The van der Waals surface area contributed by atoms with Gasteiger partial charge in [-0.15, -0.1) is 0 Å². The third-order valence-corrected chi connectivity index (χ3v) is 3.58. The topological polar surface area (TPSA) is 112 Å². The van der Waals surface area contributed by atoms with Crippen molar-refractivity contribution in [1.29, 1.82) is 0 Å². The minimum absolute atomic E-state index is 0.0548. The van der Waals surface area contributed by atoms with Crippen molar-refractivity contribution < 1.29 is 33.3 Å². The first-order chi connectivity index (χ1) is 13.1. The molecule has 9 nitrogen and oxygen atoms in total. The summed E-state index contributed by atoms with van der Waals surface area (Å²) in [4.78, 5) is 35.4. The fraction of sp³-hybridized carbons (Fsp3) is 0.526. The third-order valence-electron chi connectivity index (χ3n) is 3.58. The fourth-order valence-electron chi connectivity index (χ4n) is 2.27. The highest BCUT2D eigenvalue weighted by molar-refractivity contribution is 5.83. The second-order valence-corrected chi connectivity index (χ2v) is 7.22. The van der Waals surface area contributed by atoms with E-state index in [2.05, 4.69) is 10.6 Å². The molecule has 154 valence electrons. The van der Waals surface area contributed by atoms with Crippen LogP contribution in [0.3, 0.4) is 0 Å². The fourth-order valence-corrected chi connectivity index (χ4v) is 2.27. The molecule has 2 rings (SSSR count). The largest absolute Gasteiger partial charge is 0.454 e. The number of hydrogen-bond donors (Lipinski definition) is 2. The first kappa shape index (κ1) is 21.3. The van der Waals surface area contributed by atoms with Gasteiger partial charge in [-0.1, -0.05) is 6.07 Å². The summed E-state index contributed by atoms with van der Waals surface area (Å²) in [5.74, 6) is 0.272. The first-order valence-corrected chi connectivity index (χ1v) is 8.96. The van der Waals surface area contributed by atoms with E-state index in [4.69, 9.17) is 18.9 Å². The van der Waals surface area contributed by atoms with E-state index in [9.17, 15) is 14.4 Å². The highest BCUT2D eigenvalue weighted by Gasteiger charge is 2.19. The molecular formula is C19H26N2O7. The SMILES string of the molecule is C[C@H](OC(=O)CCNC(=O)OC(C)(C)C)C(=O)NCc1ccc2c(c1)OCO2. The van der Waals surface area contributed by atoms with Crippen LogP contribution in [-0.2, 0) is 25.6 Å². The summed E-state index contributed by atoms with van der Waals surface area (Å²) in [6.07, 6.45) is -1.64. The second kappa shape index (κ2) is 9.29. The van der Waals surface area contributed by atoms with E-state index in [0.717, 1.165) is 5.56 Å². The minimum atomic E-state index is -0.956. The average molecular weight is 394 g/mol. The lowest BCUT2D eigenvalue weighted by molar-refractivity contribution is -0.154. The molecule has 0 bridgehead atoms. The average Bonchev–Trinajstić information content (AvgIpc) is 3.05. The summed E-state index contributed by atoms with van der Waals surface area (Å²) in [6.45, 7) is 7.20. The molecule has 1 aromatic rings. The molecule has 1 aromatic carbocycles. The molecule has 0 fully saturated rings. The summed E-state index contributed by atoms with van der Waals surface area (Å²) in [7, 11) is 0. The van der Waals surface area contributed by atoms with Gasteiger partial charge in [-0.2, -0.15) is 0 Å². The van der Waals surface area contributed by atoms with Crippen LogP contribution in [0.5, 0.6) is 11.5 Å². The van der Waals surface area contributed by atoms with Gasteiger partial charge < -0.3 is 29.6 Å². The van der Waals surface area contributed by atoms with E-state index in [1.54, 1.807) is 32.9 Å². The quantitative estimate of drug-likeness (QED) is 0.679. The molecule has 0 saturated heterocycles. The molecule has 0 spiro atoms. The minimum Gasteiger partial charge on any atom is -0.454 e. The number of ether oxygens (including phenoxy) is 4. The van der Waals surface area contributed by atoms with Crippen molar-refractivity contribution in [3.63, 3.8) is 0 Å². The molecule has 2 amide bonds. The lowest BCUT2D eigenvalue weighted by Gasteiger charge is -2.19. The van der Waals surface area contributed by atoms with E-state index < -0.39 is 29.7 Å². The number of amides is 2. The highest BCUT2D eigenvalue weighted by atomic mass is 16.7. The highest BCUT2D eigenvalue weighted by Crippen LogP contribution is 2.32. The zero-order valence-corrected chi connectivity index (χ0v) is 16.5. The number of esters is 1. The van der Waals surface area contributed by atoms with Gasteiger partial charge in [0.05, 0.1) is 6.42 Å². The molecule has 0 saturated carbocycles. The van der Waals surface area contributed by atoms with Crippen molar-refractivity contribution in [1.82, 2.24) is 10.6 Å². The normalized spacial score (nSPS) is 13.4. The second-order valence-electron chi connectivity index (χ2n) is 7.22. The van der Waals surface area contributed by atoms with Crippen molar-refractivity contribution in [3.8, 4) is 11.5 Å². The Morgan fingerprint density at radius 3 is 2.57 bits per heavy atom. The van der Waals surface area contributed by atoms with Gasteiger partial charge in [0.15, 0.2) is 17.6 Å². The summed E-state index contributed by atoms with van der Waals surface area (Å²) in [5.41, 5.74) is 0.215. The van der Waals surface area contributed by atoms with Crippen molar-refractivity contribution in [3.05, 3.63) is 23.8 Å². The summed E-state index contributed by atoms with van der Waals surface area (Å²) in [6, 6.07) is 5.36. The molecule has 2 N–H and O–H groups in total. The Bertz CT molecular complexity index is 727. The van der Waals surface area contributed by atoms with E-state index in [1.807, 2.05) is 6.07 Å². The molecule has 1 aliphatic heterocycles. The van der Waals surface area contributed by atoms with E-state index in [-0.39, 0.29) is 26.3 Å². The summed E-state index contributed by atoms with van der Waals surface area (Å²) < 4.78 is 20.6. The molecule has 0 aromatic heterocycles. The van der Waals surface area contributed by atoms with Gasteiger partial charge in [-0.25, -0.2) is 4.79 Å². The molecule has 1 heterocycles.